The Kier molecular flexibility index (Phi) is 4.98. The summed E-state index contributed by atoms with van der Waals surface area (Å²) in [6, 6.07) is 4.49. The van der Waals surface area contributed by atoms with E-state index >= 15 is 0 Å². The normalized spacial score (nSPS) is 21.0. The van der Waals surface area contributed by atoms with Crippen LogP contribution in [0.5, 0.6) is 0 Å². The lowest BCUT2D eigenvalue weighted by Gasteiger charge is -2.27. The molecule has 1 aromatic rings. The Hall–Kier alpha value is -0.420. The maximum Gasteiger partial charge on any atom is 0.0826 e. The van der Waals surface area contributed by atoms with Crippen molar-refractivity contribution in [2.24, 2.45) is 0 Å². The first-order valence-corrected chi connectivity index (χ1v) is 7.18. The van der Waals surface area contributed by atoms with Gasteiger partial charge in [0.2, 0.25) is 0 Å². The summed E-state index contributed by atoms with van der Waals surface area (Å²) >= 11 is 1.93. The number of ether oxygens (including phenoxy) is 1. The summed E-state index contributed by atoms with van der Waals surface area (Å²) in [6.45, 7) is 7.06. The van der Waals surface area contributed by atoms with Crippen molar-refractivity contribution in [3.8, 4) is 0 Å². The average molecular weight is 254 g/mol. The average Bonchev–Trinajstić information content (AvgIpc) is 2.78. The minimum Gasteiger partial charge on any atom is -0.374 e. The van der Waals surface area contributed by atoms with Crippen molar-refractivity contribution in [3.63, 3.8) is 0 Å². The van der Waals surface area contributed by atoms with E-state index in [1.165, 1.54) is 9.75 Å². The second kappa shape index (κ2) is 6.50. The van der Waals surface area contributed by atoms with E-state index in [4.69, 9.17) is 4.74 Å². The van der Waals surface area contributed by atoms with Crippen LogP contribution in [0.3, 0.4) is 0 Å². The van der Waals surface area contributed by atoms with Gasteiger partial charge in [-0.1, -0.05) is 6.92 Å². The predicted molar refractivity (Wildman–Crippen MR) is 72.6 cm³/mol. The van der Waals surface area contributed by atoms with E-state index in [0.717, 1.165) is 39.2 Å². The number of thiophene rings is 1. The monoisotopic (exact) mass is 254 g/mol. The van der Waals surface area contributed by atoms with Gasteiger partial charge in [0.1, 0.15) is 0 Å². The van der Waals surface area contributed by atoms with E-state index in [0.29, 0.717) is 6.10 Å². The minimum atomic E-state index is 0.347. The molecule has 0 saturated carbocycles. The summed E-state index contributed by atoms with van der Waals surface area (Å²) < 4.78 is 5.71. The third kappa shape index (κ3) is 4.07. The topological polar surface area (TPSA) is 24.5 Å². The van der Waals surface area contributed by atoms with Crippen LogP contribution in [0.25, 0.3) is 0 Å². The van der Waals surface area contributed by atoms with Gasteiger partial charge in [0.05, 0.1) is 12.7 Å². The quantitative estimate of drug-likeness (QED) is 0.866. The summed E-state index contributed by atoms with van der Waals surface area (Å²) in [5, 5.41) is 3.37. The molecule has 2 heterocycles. The lowest BCUT2D eigenvalue weighted by atomic mass is 10.3. The number of morpholine rings is 1. The number of rotatable bonds is 5. The molecule has 1 aromatic heterocycles. The molecule has 1 aliphatic heterocycles. The van der Waals surface area contributed by atoms with Crippen LogP contribution in [-0.4, -0.2) is 44.3 Å². The molecule has 0 aliphatic carbocycles. The molecule has 1 aliphatic rings. The zero-order valence-corrected chi connectivity index (χ0v) is 11.6. The van der Waals surface area contributed by atoms with Crippen molar-refractivity contribution in [1.82, 2.24) is 10.2 Å². The fourth-order valence-corrected chi connectivity index (χ4v) is 3.15. The van der Waals surface area contributed by atoms with Gasteiger partial charge < -0.3 is 10.1 Å². The third-order valence-corrected chi connectivity index (χ3v) is 4.23. The smallest absolute Gasteiger partial charge is 0.0826 e. The van der Waals surface area contributed by atoms with E-state index < -0.39 is 0 Å². The highest BCUT2D eigenvalue weighted by molar-refractivity contribution is 7.11. The Labute approximate surface area is 108 Å². The highest BCUT2D eigenvalue weighted by Crippen LogP contribution is 2.18. The maximum absolute atomic E-state index is 5.71. The summed E-state index contributed by atoms with van der Waals surface area (Å²) in [7, 11) is 2.17. The molecule has 0 aromatic carbocycles. The van der Waals surface area contributed by atoms with Crippen LogP contribution in [0.15, 0.2) is 12.1 Å². The molecule has 1 atom stereocenters. The Morgan fingerprint density at radius 2 is 2.29 bits per heavy atom. The van der Waals surface area contributed by atoms with Crippen LogP contribution in [0, 0.1) is 0 Å². The van der Waals surface area contributed by atoms with Crippen molar-refractivity contribution >= 4 is 11.3 Å². The van der Waals surface area contributed by atoms with E-state index in [1.807, 2.05) is 11.3 Å². The summed E-state index contributed by atoms with van der Waals surface area (Å²) in [4.78, 5) is 5.28. The van der Waals surface area contributed by atoms with Crippen molar-refractivity contribution in [1.29, 1.82) is 0 Å². The molecule has 96 valence electrons. The second-order valence-corrected chi connectivity index (χ2v) is 5.87. The summed E-state index contributed by atoms with van der Waals surface area (Å²) in [6.07, 6.45) is 1.49. The zero-order valence-electron chi connectivity index (χ0n) is 10.7. The Bertz CT molecular complexity index is 334. The Morgan fingerprint density at radius 1 is 1.47 bits per heavy atom. The van der Waals surface area contributed by atoms with E-state index in [-0.39, 0.29) is 0 Å². The minimum absolute atomic E-state index is 0.347. The SMILES string of the molecule is CCc1ccc(CN(C)CC2CNCCO2)s1. The van der Waals surface area contributed by atoms with E-state index in [2.05, 4.69) is 36.3 Å². The van der Waals surface area contributed by atoms with E-state index in [1.54, 1.807) is 0 Å². The Morgan fingerprint density at radius 3 is 2.94 bits per heavy atom. The molecular formula is C13H22N2OS. The largest absolute Gasteiger partial charge is 0.374 e. The van der Waals surface area contributed by atoms with Gasteiger partial charge in [0.25, 0.3) is 0 Å². The molecule has 1 saturated heterocycles. The second-order valence-electron chi connectivity index (χ2n) is 4.62. The van der Waals surface area contributed by atoms with Crippen LogP contribution in [0.1, 0.15) is 16.7 Å². The first kappa shape index (κ1) is 13.0. The number of nitrogens with one attached hydrogen (secondary N) is 1. The molecule has 1 N–H and O–H groups in total. The number of hydrogen-bond acceptors (Lipinski definition) is 4. The maximum atomic E-state index is 5.71. The van der Waals surface area contributed by atoms with Gasteiger partial charge in [-0.25, -0.2) is 0 Å². The van der Waals surface area contributed by atoms with Gasteiger partial charge in [0, 0.05) is 35.9 Å². The number of hydrogen-bond donors (Lipinski definition) is 1. The van der Waals surface area contributed by atoms with Crippen molar-refractivity contribution in [2.75, 3.05) is 33.3 Å². The lowest BCUT2D eigenvalue weighted by Crippen LogP contribution is -2.44. The molecule has 0 amide bonds. The van der Waals surface area contributed by atoms with Crippen LogP contribution in [0.4, 0.5) is 0 Å². The van der Waals surface area contributed by atoms with Gasteiger partial charge >= 0.3 is 0 Å². The van der Waals surface area contributed by atoms with Crippen molar-refractivity contribution < 1.29 is 4.74 Å². The van der Waals surface area contributed by atoms with Gasteiger partial charge in [0.15, 0.2) is 0 Å². The van der Waals surface area contributed by atoms with Gasteiger partial charge in [-0.15, -0.1) is 11.3 Å². The summed E-state index contributed by atoms with van der Waals surface area (Å²) in [5.74, 6) is 0. The zero-order chi connectivity index (χ0) is 12.1. The molecule has 4 heteroatoms. The van der Waals surface area contributed by atoms with Gasteiger partial charge in [-0.3, -0.25) is 4.90 Å². The summed E-state index contributed by atoms with van der Waals surface area (Å²) in [5.41, 5.74) is 0. The molecule has 3 nitrogen and oxygen atoms in total. The highest BCUT2D eigenvalue weighted by Gasteiger charge is 2.15. The molecular weight excluding hydrogens is 232 g/mol. The fourth-order valence-electron chi connectivity index (χ4n) is 2.11. The standard InChI is InChI=1S/C13H22N2OS/c1-3-12-4-5-13(17-12)10-15(2)9-11-8-14-6-7-16-11/h4-5,11,14H,3,6-10H2,1-2H3. The van der Waals surface area contributed by atoms with Crippen LogP contribution >= 0.6 is 11.3 Å². The number of likely N-dealkylation sites (N-methyl/N-ethyl adjacent to an activating group) is 1. The number of aryl methyl sites for hydroxylation is 1. The first-order chi connectivity index (χ1) is 8.28. The van der Waals surface area contributed by atoms with E-state index in [9.17, 15) is 0 Å². The van der Waals surface area contributed by atoms with Crippen LogP contribution < -0.4 is 5.32 Å². The lowest BCUT2D eigenvalue weighted by molar-refractivity contribution is 0.00899. The molecule has 1 fully saturated rings. The highest BCUT2D eigenvalue weighted by atomic mass is 32.1. The van der Waals surface area contributed by atoms with Gasteiger partial charge in [-0.05, 0) is 25.6 Å². The fraction of sp³-hybridized carbons (Fsp3) is 0.692. The Balaban J connectivity index is 1.77. The van der Waals surface area contributed by atoms with Crippen molar-refractivity contribution in [2.45, 2.75) is 26.0 Å². The van der Waals surface area contributed by atoms with Crippen LogP contribution in [-0.2, 0) is 17.7 Å². The van der Waals surface area contributed by atoms with Crippen molar-refractivity contribution in [3.05, 3.63) is 21.9 Å². The molecule has 2 rings (SSSR count). The molecule has 0 spiro atoms. The molecule has 1 unspecified atom stereocenters. The first-order valence-electron chi connectivity index (χ1n) is 6.36. The number of nitrogens with zero attached hydrogens (tertiary/aromatic N) is 1. The van der Waals surface area contributed by atoms with Gasteiger partial charge in [-0.2, -0.15) is 0 Å². The molecule has 0 bridgehead atoms. The molecule has 0 radical (unpaired) electrons. The third-order valence-electron chi connectivity index (χ3n) is 3.01. The predicted octanol–water partition coefficient (Wildman–Crippen LogP) is 1.73. The molecule has 17 heavy (non-hydrogen) atoms. The van der Waals surface area contributed by atoms with Crippen LogP contribution in [0.2, 0.25) is 0 Å².